The summed E-state index contributed by atoms with van der Waals surface area (Å²) < 4.78 is 13.8. The van der Waals surface area contributed by atoms with Crippen molar-refractivity contribution in [2.45, 2.75) is 13.5 Å². The van der Waals surface area contributed by atoms with E-state index in [1.165, 1.54) is 13.3 Å². The monoisotopic (exact) mass is 279 g/mol. The fourth-order valence-corrected chi connectivity index (χ4v) is 1.60. The van der Waals surface area contributed by atoms with Crippen LogP contribution < -0.4 is 5.32 Å². The first-order chi connectivity index (χ1) is 9.49. The third kappa shape index (κ3) is 2.76. The van der Waals surface area contributed by atoms with Crippen molar-refractivity contribution in [2.24, 2.45) is 0 Å². The number of nitrogens with one attached hydrogen (secondary N) is 2. The Morgan fingerprint density at radius 1 is 1.55 bits per heavy atom. The van der Waals surface area contributed by atoms with E-state index in [9.17, 15) is 19.3 Å². The predicted molar refractivity (Wildman–Crippen MR) is 65.3 cm³/mol. The van der Waals surface area contributed by atoms with E-state index in [0.717, 1.165) is 12.1 Å². The van der Waals surface area contributed by atoms with Crippen molar-refractivity contribution in [3.05, 3.63) is 51.3 Å². The second kappa shape index (κ2) is 5.43. The molecule has 9 heteroatoms. The Morgan fingerprint density at radius 3 is 2.90 bits per heavy atom. The highest BCUT2D eigenvalue weighted by Crippen LogP contribution is 2.20. The molecule has 1 aromatic carbocycles. The molecule has 0 spiro atoms. The summed E-state index contributed by atoms with van der Waals surface area (Å²) >= 11 is 0. The van der Waals surface area contributed by atoms with Gasteiger partial charge < -0.3 is 5.32 Å². The molecule has 0 bridgehead atoms. The van der Waals surface area contributed by atoms with Gasteiger partial charge in [-0.3, -0.25) is 20.0 Å². The lowest BCUT2D eigenvalue weighted by atomic mass is 10.1. The molecular formula is C11H10FN5O3. The lowest BCUT2D eigenvalue weighted by Gasteiger charge is -2.06. The zero-order valence-corrected chi connectivity index (χ0v) is 10.4. The zero-order chi connectivity index (χ0) is 14.7. The normalized spacial score (nSPS) is 10.3. The minimum absolute atomic E-state index is 0.0139. The lowest BCUT2D eigenvalue weighted by Crippen LogP contribution is -2.24. The van der Waals surface area contributed by atoms with E-state index in [1.54, 1.807) is 0 Å². The number of aromatic amines is 1. The van der Waals surface area contributed by atoms with Gasteiger partial charge in [-0.25, -0.2) is 9.37 Å². The summed E-state index contributed by atoms with van der Waals surface area (Å²) in [5.41, 5.74) is -0.686. The summed E-state index contributed by atoms with van der Waals surface area (Å²) in [7, 11) is 0. The summed E-state index contributed by atoms with van der Waals surface area (Å²) in [5, 5.41) is 19.2. The van der Waals surface area contributed by atoms with Crippen molar-refractivity contribution in [1.82, 2.24) is 20.5 Å². The number of aryl methyl sites for hydroxylation is 1. The third-order valence-electron chi connectivity index (χ3n) is 2.58. The number of hydrogen-bond acceptors (Lipinski definition) is 5. The molecule has 0 radical (unpaired) electrons. The van der Waals surface area contributed by atoms with Crippen molar-refractivity contribution in [3.63, 3.8) is 0 Å². The summed E-state index contributed by atoms with van der Waals surface area (Å²) in [4.78, 5) is 25.7. The molecule has 104 valence electrons. The van der Waals surface area contributed by atoms with E-state index < -0.39 is 16.6 Å². The maximum atomic E-state index is 13.8. The van der Waals surface area contributed by atoms with Gasteiger partial charge in [-0.1, -0.05) is 0 Å². The van der Waals surface area contributed by atoms with Crippen molar-refractivity contribution >= 4 is 11.6 Å². The van der Waals surface area contributed by atoms with Crippen molar-refractivity contribution < 1.29 is 14.1 Å². The number of carbonyl (C=O) groups excluding carboxylic acids is 1. The van der Waals surface area contributed by atoms with Crippen LogP contribution in [0.3, 0.4) is 0 Å². The van der Waals surface area contributed by atoms with Gasteiger partial charge >= 0.3 is 0 Å². The SMILES string of the molecule is Cc1cc([N+](=O)[O-])cc(C(=O)NCc2ncn[nH]2)c1F. The van der Waals surface area contributed by atoms with Crippen molar-refractivity contribution in [3.8, 4) is 0 Å². The van der Waals surface area contributed by atoms with Crippen LogP contribution in [-0.2, 0) is 6.54 Å². The van der Waals surface area contributed by atoms with Gasteiger partial charge in [0.1, 0.15) is 18.0 Å². The summed E-state index contributed by atoms with van der Waals surface area (Å²) in [5.74, 6) is -1.16. The smallest absolute Gasteiger partial charge is 0.270 e. The molecule has 0 aliphatic heterocycles. The number of carbonyl (C=O) groups is 1. The Bertz CT molecular complexity index is 656. The Morgan fingerprint density at radius 2 is 2.30 bits per heavy atom. The molecule has 1 heterocycles. The number of nitro groups is 1. The summed E-state index contributed by atoms with van der Waals surface area (Å²) in [6.07, 6.45) is 1.26. The van der Waals surface area contributed by atoms with E-state index >= 15 is 0 Å². The van der Waals surface area contributed by atoms with Gasteiger partial charge in [0.2, 0.25) is 0 Å². The maximum Gasteiger partial charge on any atom is 0.270 e. The Kier molecular flexibility index (Phi) is 3.69. The average molecular weight is 279 g/mol. The van der Waals surface area contributed by atoms with Crippen LogP contribution in [0, 0.1) is 22.9 Å². The lowest BCUT2D eigenvalue weighted by molar-refractivity contribution is -0.385. The van der Waals surface area contributed by atoms with E-state index in [0.29, 0.717) is 5.82 Å². The van der Waals surface area contributed by atoms with Gasteiger partial charge in [-0.15, -0.1) is 0 Å². The van der Waals surface area contributed by atoms with Crippen LogP contribution in [0.2, 0.25) is 0 Å². The topological polar surface area (TPSA) is 114 Å². The highest BCUT2D eigenvalue weighted by molar-refractivity contribution is 5.95. The standard InChI is InChI=1S/C11H10FN5O3/c1-6-2-7(17(19)20)3-8(10(6)12)11(18)13-4-9-14-5-15-16-9/h2-3,5H,4H2,1H3,(H,13,18)(H,14,15,16). The second-order valence-corrected chi connectivity index (χ2v) is 4.00. The summed E-state index contributed by atoms with van der Waals surface area (Å²) in [6.45, 7) is 1.37. The fraction of sp³-hybridized carbons (Fsp3) is 0.182. The molecule has 20 heavy (non-hydrogen) atoms. The molecule has 2 rings (SSSR count). The zero-order valence-electron chi connectivity index (χ0n) is 10.4. The molecule has 0 unspecified atom stereocenters. The maximum absolute atomic E-state index is 13.8. The molecule has 1 amide bonds. The van der Waals surface area contributed by atoms with Crippen LogP contribution in [0.25, 0.3) is 0 Å². The van der Waals surface area contributed by atoms with Crippen LogP contribution in [0.4, 0.5) is 10.1 Å². The molecule has 0 fully saturated rings. The molecular weight excluding hydrogens is 269 g/mol. The first-order valence-corrected chi connectivity index (χ1v) is 5.56. The van der Waals surface area contributed by atoms with Crippen molar-refractivity contribution in [1.29, 1.82) is 0 Å². The number of rotatable bonds is 4. The number of benzene rings is 1. The van der Waals surface area contributed by atoms with Crippen LogP contribution in [0.5, 0.6) is 0 Å². The van der Waals surface area contributed by atoms with Crippen LogP contribution in [0.1, 0.15) is 21.7 Å². The van der Waals surface area contributed by atoms with Crippen molar-refractivity contribution in [2.75, 3.05) is 0 Å². The van der Waals surface area contributed by atoms with Crippen LogP contribution in [-0.4, -0.2) is 26.0 Å². The number of nitro benzene ring substituents is 1. The van der Waals surface area contributed by atoms with Gasteiger partial charge in [-0.2, -0.15) is 5.10 Å². The molecule has 1 aromatic heterocycles. The predicted octanol–water partition coefficient (Wildman–Crippen LogP) is 1.09. The van der Waals surface area contributed by atoms with E-state index in [1.807, 2.05) is 0 Å². The third-order valence-corrected chi connectivity index (χ3v) is 2.58. The van der Waals surface area contributed by atoms with E-state index in [2.05, 4.69) is 20.5 Å². The second-order valence-electron chi connectivity index (χ2n) is 4.00. The first kappa shape index (κ1) is 13.6. The number of nitrogens with zero attached hydrogens (tertiary/aromatic N) is 3. The molecule has 8 nitrogen and oxygen atoms in total. The molecule has 2 aromatic rings. The molecule has 0 aliphatic rings. The molecule has 0 aliphatic carbocycles. The van der Waals surface area contributed by atoms with Gasteiger partial charge in [0, 0.05) is 12.1 Å². The number of amides is 1. The molecule has 0 saturated heterocycles. The number of non-ortho nitro benzene ring substituents is 1. The Hall–Kier alpha value is -2.84. The van der Waals surface area contributed by atoms with Gasteiger partial charge in [0.05, 0.1) is 17.0 Å². The minimum atomic E-state index is -0.786. The Labute approximate surface area is 112 Å². The number of aromatic nitrogens is 3. The Balaban J connectivity index is 2.22. The minimum Gasteiger partial charge on any atom is -0.345 e. The molecule has 0 saturated carbocycles. The summed E-state index contributed by atoms with van der Waals surface area (Å²) in [6, 6.07) is 1.97. The van der Waals surface area contributed by atoms with E-state index in [4.69, 9.17) is 0 Å². The van der Waals surface area contributed by atoms with Gasteiger partial charge in [0.15, 0.2) is 0 Å². The van der Waals surface area contributed by atoms with Gasteiger partial charge in [-0.05, 0) is 12.5 Å². The molecule has 2 N–H and O–H groups in total. The average Bonchev–Trinajstić information content (AvgIpc) is 2.92. The largest absolute Gasteiger partial charge is 0.345 e. The number of H-pyrrole nitrogens is 1. The van der Waals surface area contributed by atoms with Crippen LogP contribution in [0.15, 0.2) is 18.5 Å². The van der Waals surface area contributed by atoms with E-state index in [-0.39, 0.29) is 23.4 Å². The highest BCUT2D eigenvalue weighted by atomic mass is 19.1. The van der Waals surface area contributed by atoms with Crippen LogP contribution >= 0.6 is 0 Å². The number of hydrogen-bond donors (Lipinski definition) is 2. The quantitative estimate of drug-likeness (QED) is 0.642. The highest BCUT2D eigenvalue weighted by Gasteiger charge is 2.19. The van der Waals surface area contributed by atoms with Gasteiger partial charge in [0.25, 0.3) is 11.6 Å². The first-order valence-electron chi connectivity index (χ1n) is 5.56. The number of halogens is 1. The molecule has 0 atom stereocenters. The fourth-order valence-electron chi connectivity index (χ4n) is 1.60.